The summed E-state index contributed by atoms with van der Waals surface area (Å²) in [5, 5.41) is 29.2. The molecular weight excluding hydrogens is 280 g/mol. The molecule has 0 bridgehead atoms. The number of phenols is 2. The highest BCUT2D eigenvalue weighted by molar-refractivity contribution is 5.52. The molecule has 2 aromatic rings. The number of benzene rings is 2. The van der Waals surface area contributed by atoms with Crippen LogP contribution in [-0.4, -0.2) is 22.4 Å². The maximum atomic E-state index is 10.0. The molecule has 0 spiro atoms. The number of hydrogen-bond donors (Lipinski definition) is 3. The Morgan fingerprint density at radius 1 is 0.955 bits per heavy atom. The zero-order valence-electron chi connectivity index (χ0n) is 13.3. The van der Waals surface area contributed by atoms with E-state index in [1.807, 2.05) is 20.8 Å². The van der Waals surface area contributed by atoms with Gasteiger partial charge in [0.15, 0.2) is 11.5 Å². The SMILES string of the molecule is COc1cc(C)c(C(C)c2cc(O)c(CO)cc2C)cc1O. The van der Waals surface area contributed by atoms with Crippen molar-refractivity contribution in [3.8, 4) is 17.2 Å². The molecule has 0 heterocycles. The first-order chi connectivity index (χ1) is 10.4. The molecule has 4 nitrogen and oxygen atoms in total. The average Bonchev–Trinajstić information content (AvgIpc) is 2.50. The van der Waals surface area contributed by atoms with Crippen LogP contribution in [0.25, 0.3) is 0 Å². The fourth-order valence-electron chi connectivity index (χ4n) is 2.85. The summed E-state index contributed by atoms with van der Waals surface area (Å²) in [6.07, 6.45) is 0. The van der Waals surface area contributed by atoms with Crippen molar-refractivity contribution in [3.05, 3.63) is 52.1 Å². The van der Waals surface area contributed by atoms with Crippen molar-refractivity contribution in [1.29, 1.82) is 0 Å². The normalized spacial score (nSPS) is 12.2. The number of hydrogen-bond acceptors (Lipinski definition) is 4. The van der Waals surface area contributed by atoms with E-state index in [4.69, 9.17) is 4.74 Å². The number of aliphatic hydroxyl groups excluding tert-OH is 1. The standard InChI is InChI=1S/C18H22O4/c1-10-5-13(9-19)16(20)7-14(10)12(3)15-8-17(21)18(22-4)6-11(15)2/h5-8,12,19-21H,9H2,1-4H3. The van der Waals surface area contributed by atoms with E-state index in [9.17, 15) is 15.3 Å². The monoisotopic (exact) mass is 302 g/mol. The van der Waals surface area contributed by atoms with Crippen molar-refractivity contribution in [2.45, 2.75) is 33.3 Å². The predicted octanol–water partition coefficient (Wildman–Crippen LogP) is 3.37. The first kappa shape index (κ1) is 16.2. The lowest BCUT2D eigenvalue weighted by Crippen LogP contribution is -2.03. The summed E-state index contributed by atoms with van der Waals surface area (Å²) in [5.41, 5.74) is 4.44. The summed E-state index contributed by atoms with van der Waals surface area (Å²) < 4.78 is 5.12. The molecule has 1 atom stereocenters. The third-order valence-corrected chi connectivity index (χ3v) is 4.14. The molecule has 118 valence electrons. The number of methoxy groups -OCH3 is 1. The van der Waals surface area contributed by atoms with Crippen molar-refractivity contribution >= 4 is 0 Å². The maximum absolute atomic E-state index is 10.0. The zero-order chi connectivity index (χ0) is 16.4. The van der Waals surface area contributed by atoms with Crippen molar-refractivity contribution < 1.29 is 20.1 Å². The van der Waals surface area contributed by atoms with E-state index in [-0.39, 0.29) is 24.0 Å². The number of rotatable bonds is 4. The molecule has 0 saturated heterocycles. The summed E-state index contributed by atoms with van der Waals surface area (Å²) in [5.74, 6) is 0.633. The van der Waals surface area contributed by atoms with Crippen LogP contribution < -0.4 is 4.74 Å². The Morgan fingerprint density at radius 2 is 1.50 bits per heavy atom. The van der Waals surface area contributed by atoms with Gasteiger partial charge in [0.05, 0.1) is 13.7 Å². The molecule has 0 radical (unpaired) electrons. The third kappa shape index (κ3) is 2.88. The van der Waals surface area contributed by atoms with Crippen LogP contribution >= 0.6 is 0 Å². The van der Waals surface area contributed by atoms with Gasteiger partial charge in [-0.1, -0.05) is 6.92 Å². The van der Waals surface area contributed by atoms with Crippen LogP contribution in [0.1, 0.15) is 40.7 Å². The van der Waals surface area contributed by atoms with Crippen molar-refractivity contribution in [2.24, 2.45) is 0 Å². The second kappa shape index (κ2) is 6.28. The van der Waals surface area contributed by atoms with Gasteiger partial charge in [0.25, 0.3) is 0 Å². The number of aromatic hydroxyl groups is 2. The maximum Gasteiger partial charge on any atom is 0.160 e. The minimum Gasteiger partial charge on any atom is -0.508 e. The molecule has 22 heavy (non-hydrogen) atoms. The predicted molar refractivity (Wildman–Crippen MR) is 85.7 cm³/mol. The Bertz CT molecular complexity index is 632. The number of ether oxygens (including phenoxy) is 1. The second-order valence-corrected chi connectivity index (χ2v) is 5.60. The lowest BCUT2D eigenvalue weighted by molar-refractivity contribution is 0.275. The van der Waals surface area contributed by atoms with Gasteiger partial charge in [-0.2, -0.15) is 0 Å². The first-order valence-corrected chi connectivity index (χ1v) is 7.19. The van der Waals surface area contributed by atoms with E-state index in [1.165, 1.54) is 7.11 Å². The van der Waals surface area contributed by atoms with Crippen molar-refractivity contribution in [2.75, 3.05) is 7.11 Å². The Morgan fingerprint density at radius 3 is 2.05 bits per heavy atom. The molecule has 0 saturated carbocycles. The van der Waals surface area contributed by atoms with Crippen molar-refractivity contribution in [3.63, 3.8) is 0 Å². The van der Waals surface area contributed by atoms with Crippen LogP contribution in [-0.2, 0) is 6.61 Å². The fourth-order valence-corrected chi connectivity index (χ4v) is 2.85. The largest absolute Gasteiger partial charge is 0.508 e. The molecule has 3 N–H and O–H groups in total. The van der Waals surface area contributed by atoms with Crippen molar-refractivity contribution in [1.82, 2.24) is 0 Å². The van der Waals surface area contributed by atoms with Crippen LogP contribution in [0.15, 0.2) is 24.3 Å². The lowest BCUT2D eigenvalue weighted by Gasteiger charge is -2.20. The van der Waals surface area contributed by atoms with Gasteiger partial charge in [-0.15, -0.1) is 0 Å². The molecular formula is C18H22O4. The highest BCUT2D eigenvalue weighted by Crippen LogP contribution is 2.37. The quantitative estimate of drug-likeness (QED) is 0.810. The molecule has 2 aromatic carbocycles. The summed E-state index contributed by atoms with van der Waals surface area (Å²) in [7, 11) is 1.52. The molecule has 2 rings (SSSR count). The number of aliphatic hydroxyl groups is 1. The minimum atomic E-state index is -0.191. The molecule has 0 aliphatic rings. The first-order valence-electron chi connectivity index (χ1n) is 7.19. The molecule has 0 aliphatic heterocycles. The molecule has 0 aromatic heterocycles. The summed E-state index contributed by atoms with van der Waals surface area (Å²) in [4.78, 5) is 0. The second-order valence-electron chi connectivity index (χ2n) is 5.60. The van der Waals surface area contributed by atoms with Gasteiger partial charge < -0.3 is 20.1 Å². The van der Waals surface area contributed by atoms with Gasteiger partial charge in [0.1, 0.15) is 5.75 Å². The Kier molecular flexibility index (Phi) is 4.62. The van der Waals surface area contributed by atoms with Gasteiger partial charge in [-0.3, -0.25) is 0 Å². The van der Waals surface area contributed by atoms with E-state index in [1.54, 1.807) is 24.3 Å². The Labute approximate surface area is 130 Å². The van der Waals surface area contributed by atoms with Crippen LogP contribution in [0.3, 0.4) is 0 Å². The van der Waals surface area contributed by atoms with Crippen LogP contribution in [0.2, 0.25) is 0 Å². The van der Waals surface area contributed by atoms with E-state index in [0.717, 1.165) is 22.3 Å². The van der Waals surface area contributed by atoms with E-state index in [2.05, 4.69) is 0 Å². The molecule has 0 amide bonds. The molecule has 4 heteroatoms. The van der Waals surface area contributed by atoms with Gasteiger partial charge >= 0.3 is 0 Å². The van der Waals surface area contributed by atoms with E-state index in [0.29, 0.717) is 11.3 Å². The van der Waals surface area contributed by atoms with Gasteiger partial charge in [-0.25, -0.2) is 0 Å². The Hall–Kier alpha value is -2.20. The summed E-state index contributed by atoms with van der Waals surface area (Å²) in [6, 6.07) is 6.99. The summed E-state index contributed by atoms with van der Waals surface area (Å²) in [6.45, 7) is 5.74. The van der Waals surface area contributed by atoms with Gasteiger partial charge in [0, 0.05) is 11.5 Å². The number of aryl methyl sites for hydroxylation is 2. The Balaban J connectivity index is 2.51. The van der Waals surface area contributed by atoms with E-state index < -0.39 is 0 Å². The third-order valence-electron chi connectivity index (χ3n) is 4.14. The van der Waals surface area contributed by atoms with Crippen LogP contribution in [0.4, 0.5) is 0 Å². The topological polar surface area (TPSA) is 69.9 Å². The fraction of sp³-hybridized carbons (Fsp3) is 0.333. The van der Waals surface area contributed by atoms with E-state index >= 15 is 0 Å². The molecule has 0 aliphatic carbocycles. The zero-order valence-corrected chi connectivity index (χ0v) is 13.3. The highest BCUT2D eigenvalue weighted by Gasteiger charge is 2.18. The average molecular weight is 302 g/mol. The van der Waals surface area contributed by atoms with Gasteiger partial charge in [-0.05, 0) is 60.4 Å². The lowest BCUT2D eigenvalue weighted by atomic mass is 9.86. The smallest absolute Gasteiger partial charge is 0.160 e. The van der Waals surface area contributed by atoms with Gasteiger partial charge in [0.2, 0.25) is 0 Å². The highest BCUT2D eigenvalue weighted by atomic mass is 16.5. The minimum absolute atomic E-state index is 0.00421. The molecule has 0 fully saturated rings. The van der Waals surface area contributed by atoms with Crippen LogP contribution in [0, 0.1) is 13.8 Å². The molecule has 1 unspecified atom stereocenters. The number of phenolic OH excluding ortho intramolecular Hbond substituents is 1. The summed E-state index contributed by atoms with van der Waals surface area (Å²) >= 11 is 0. The van der Waals surface area contributed by atoms with Crippen LogP contribution in [0.5, 0.6) is 17.2 Å².